The second kappa shape index (κ2) is 12.7. The molecule has 1 aliphatic rings. The van der Waals surface area contributed by atoms with Gasteiger partial charge in [-0.3, -0.25) is 4.68 Å². The number of hydrogen-bond acceptors (Lipinski definition) is 7. The van der Waals surface area contributed by atoms with Gasteiger partial charge in [0.1, 0.15) is 18.6 Å². The highest BCUT2D eigenvalue weighted by Crippen LogP contribution is 2.37. The maximum atomic E-state index is 13.1. The monoisotopic (exact) mass is 593 g/mol. The molecule has 0 radical (unpaired) electrons. The largest absolute Gasteiger partial charge is 0.460 e. The lowest BCUT2D eigenvalue weighted by molar-refractivity contribution is 0.0493. The Labute approximate surface area is 255 Å². The average Bonchev–Trinajstić information content (AvgIpc) is 3.81. The first-order chi connectivity index (χ1) is 21.0. The van der Waals surface area contributed by atoms with Crippen LogP contribution < -0.4 is 5.32 Å². The number of fused-ring (bicyclic) bond motifs is 1. The van der Waals surface area contributed by atoms with E-state index in [-0.39, 0.29) is 12.6 Å². The number of nitrogens with zero attached hydrogens (tertiary/aromatic N) is 6. The number of nitriles is 1. The molecule has 6 rings (SSSR count). The molecule has 1 saturated carbocycles. The van der Waals surface area contributed by atoms with Crippen LogP contribution in [0, 0.1) is 24.2 Å². The van der Waals surface area contributed by atoms with Crippen LogP contribution in [0.5, 0.6) is 0 Å². The molecule has 5 aromatic rings. The van der Waals surface area contributed by atoms with E-state index in [1.807, 2.05) is 77.2 Å². The summed E-state index contributed by atoms with van der Waals surface area (Å²) in [7, 11) is 0. The molecule has 0 aliphatic heterocycles. The van der Waals surface area contributed by atoms with E-state index in [2.05, 4.69) is 26.5 Å². The second-order valence-electron chi connectivity index (χ2n) is 10.9. The molecule has 1 fully saturated rings. The Bertz CT molecular complexity index is 1800. The number of halogens is 1. The van der Waals surface area contributed by atoms with E-state index >= 15 is 0 Å². The van der Waals surface area contributed by atoms with Crippen molar-refractivity contribution in [2.24, 2.45) is 5.92 Å². The van der Waals surface area contributed by atoms with E-state index in [1.54, 1.807) is 12.4 Å². The van der Waals surface area contributed by atoms with Crippen LogP contribution >= 0.6 is 11.6 Å². The lowest BCUT2D eigenvalue weighted by Crippen LogP contribution is -2.17. The van der Waals surface area contributed by atoms with Crippen molar-refractivity contribution in [1.29, 1.82) is 5.26 Å². The highest BCUT2D eigenvalue weighted by Gasteiger charge is 2.27. The fourth-order valence-electron chi connectivity index (χ4n) is 5.94. The summed E-state index contributed by atoms with van der Waals surface area (Å²) < 4.78 is 9.59. The van der Waals surface area contributed by atoms with E-state index in [0.717, 1.165) is 46.4 Å². The van der Waals surface area contributed by atoms with Gasteiger partial charge in [0.15, 0.2) is 0 Å². The summed E-state index contributed by atoms with van der Waals surface area (Å²) in [4.78, 5) is 22.2. The zero-order valence-electron chi connectivity index (χ0n) is 23.9. The van der Waals surface area contributed by atoms with Crippen molar-refractivity contribution in [3.63, 3.8) is 0 Å². The minimum absolute atomic E-state index is 0.0766. The molecule has 10 heteroatoms. The molecule has 43 heavy (non-hydrogen) atoms. The summed E-state index contributed by atoms with van der Waals surface area (Å²) in [6.45, 7) is 2.53. The molecule has 1 atom stereocenters. The number of rotatable bonds is 10. The Kier molecular flexibility index (Phi) is 8.38. The molecule has 3 heterocycles. The summed E-state index contributed by atoms with van der Waals surface area (Å²) in [6.07, 6.45) is 12.4. The van der Waals surface area contributed by atoms with E-state index in [1.165, 1.54) is 12.8 Å². The summed E-state index contributed by atoms with van der Waals surface area (Å²) in [6, 6.07) is 17.3. The van der Waals surface area contributed by atoms with E-state index < -0.39 is 5.97 Å². The number of carbonyl (C=O) groups is 1. The van der Waals surface area contributed by atoms with Gasteiger partial charge >= 0.3 is 5.97 Å². The van der Waals surface area contributed by atoms with Gasteiger partial charge in [-0.25, -0.2) is 14.8 Å². The number of nitrogens with one attached hydrogen (secondary N) is 1. The van der Waals surface area contributed by atoms with Gasteiger partial charge in [-0.15, -0.1) is 0 Å². The van der Waals surface area contributed by atoms with Crippen molar-refractivity contribution in [3.8, 4) is 17.3 Å². The summed E-state index contributed by atoms with van der Waals surface area (Å²) in [5.74, 6) is 0.0569. The minimum Gasteiger partial charge on any atom is -0.460 e. The van der Waals surface area contributed by atoms with E-state index in [9.17, 15) is 10.1 Å². The highest BCUT2D eigenvalue weighted by atomic mass is 35.5. The molecule has 1 unspecified atom stereocenters. The van der Waals surface area contributed by atoms with Crippen molar-refractivity contribution in [2.75, 3.05) is 11.9 Å². The standard InChI is InChI=1S/C33H32ClN7O2/c1-22-27(34)10-6-12-28(22)39-29-11-5-4-9-25(29)33(42)43-18-17-40-16-14-26-31(36-21-37-32(26)40)24-19-38-41(20-24)30(13-15-35)23-7-2-3-8-23/h4-6,9-12,14,16,19-21,23,30,39H,2-3,7-8,13,17-18H2,1H3. The molecular formula is C33H32ClN7O2. The molecule has 0 amide bonds. The third kappa shape index (κ3) is 5.97. The van der Waals surface area contributed by atoms with E-state index in [0.29, 0.717) is 35.2 Å². The molecule has 0 bridgehead atoms. The van der Waals surface area contributed by atoms with Crippen molar-refractivity contribution >= 4 is 40.0 Å². The van der Waals surface area contributed by atoms with Crippen LogP contribution in [0.4, 0.5) is 11.4 Å². The first kappa shape index (κ1) is 28.4. The Morgan fingerprint density at radius 3 is 2.79 bits per heavy atom. The van der Waals surface area contributed by atoms with Crippen LogP contribution in [0.1, 0.15) is 54.1 Å². The smallest absolute Gasteiger partial charge is 0.340 e. The predicted octanol–water partition coefficient (Wildman–Crippen LogP) is 7.50. The maximum Gasteiger partial charge on any atom is 0.340 e. The van der Waals surface area contributed by atoms with Crippen molar-refractivity contribution in [2.45, 2.75) is 51.6 Å². The Hall–Kier alpha value is -4.68. The number of aromatic nitrogens is 5. The van der Waals surface area contributed by atoms with Crippen molar-refractivity contribution in [3.05, 3.63) is 89.6 Å². The van der Waals surface area contributed by atoms with Crippen LogP contribution in [0.3, 0.4) is 0 Å². The highest BCUT2D eigenvalue weighted by molar-refractivity contribution is 6.31. The quantitative estimate of drug-likeness (QED) is 0.167. The summed E-state index contributed by atoms with van der Waals surface area (Å²) in [5, 5.41) is 18.9. The molecule has 1 aliphatic carbocycles. The summed E-state index contributed by atoms with van der Waals surface area (Å²) >= 11 is 6.28. The normalized spacial score (nSPS) is 14.1. The van der Waals surface area contributed by atoms with E-state index in [4.69, 9.17) is 16.3 Å². The number of ether oxygens (including phenoxy) is 1. The lowest BCUT2D eigenvalue weighted by atomic mass is 9.96. The van der Waals surface area contributed by atoms with Crippen molar-refractivity contribution in [1.82, 2.24) is 24.3 Å². The van der Waals surface area contributed by atoms with Gasteiger partial charge in [-0.1, -0.05) is 42.6 Å². The van der Waals surface area contributed by atoms with Crippen LogP contribution in [0.2, 0.25) is 5.02 Å². The van der Waals surface area contributed by atoms with Gasteiger partial charge in [0, 0.05) is 34.1 Å². The third-order valence-corrected chi connectivity index (χ3v) is 8.67. The van der Waals surface area contributed by atoms with Crippen LogP contribution in [-0.2, 0) is 11.3 Å². The average molecular weight is 594 g/mol. The van der Waals surface area contributed by atoms with Gasteiger partial charge in [-0.2, -0.15) is 10.4 Å². The predicted molar refractivity (Wildman–Crippen MR) is 166 cm³/mol. The molecule has 1 N–H and O–H groups in total. The topological polar surface area (TPSA) is 111 Å². The zero-order chi connectivity index (χ0) is 29.8. The van der Waals surface area contributed by atoms with Gasteiger partial charge < -0.3 is 14.6 Å². The Balaban J connectivity index is 1.15. The molecular weight excluding hydrogens is 562 g/mol. The Morgan fingerprint density at radius 1 is 1.14 bits per heavy atom. The number of hydrogen-bond donors (Lipinski definition) is 1. The number of para-hydroxylation sites is 1. The second-order valence-corrected chi connectivity index (χ2v) is 11.3. The number of carbonyl (C=O) groups excluding carboxylic acids is 1. The molecule has 2 aromatic carbocycles. The molecule has 218 valence electrons. The van der Waals surface area contributed by atoms with Gasteiger partial charge in [-0.05, 0) is 61.6 Å². The van der Waals surface area contributed by atoms with Gasteiger partial charge in [0.05, 0.1) is 48.2 Å². The first-order valence-corrected chi connectivity index (χ1v) is 14.9. The lowest BCUT2D eigenvalue weighted by Gasteiger charge is -2.21. The van der Waals surface area contributed by atoms with Gasteiger partial charge in [0.2, 0.25) is 0 Å². The number of benzene rings is 2. The molecule has 0 spiro atoms. The maximum absolute atomic E-state index is 13.1. The third-order valence-electron chi connectivity index (χ3n) is 8.26. The first-order valence-electron chi connectivity index (χ1n) is 14.5. The van der Waals surface area contributed by atoms with Crippen LogP contribution in [-0.4, -0.2) is 36.9 Å². The number of esters is 1. The molecule has 0 saturated heterocycles. The zero-order valence-corrected chi connectivity index (χ0v) is 24.7. The van der Waals surface area contributed by atoms with Crippen LogP contribution in [0.25, 0.3) is 22.3 Å². The van der Waals surface area contributed by atoms with Gasteiger partial charge in [0.25, 0.3) is 0 Å². The minimum atomic E-state index is -0.420. The molecule has 9 nitrogen and oxygen atoms in total. The fraction of sp³-hybridized carbons (Fsp3) is 0.303. The van der Waals surface area contributed by atoms with Crippen molar-refractivity contribution < 1.29 is 9.53 Å². The number of anilines is 2. The fourth-order valence-corrected chi connectivity index (χ4v) is 6.11. The molecule has 3 aromatic heterocycles. The Morgan fingerprint density at radius 2 is 1.95 bits per heavy atom. The SMILES string of the molecule is Cc1c(Cl)cccc1Nc1ccccc1C(=O)OCCn1ccc2c(-c3cnn(C(CC#N)C4CCCC4)c3)ncnc21. The van der Waals surface area contributed by atoms with Crippen LogP contribution in [0.15, 0.2) is 73.4 Å². The summed E-state index contributed by atoms with van der Waals surface area (Å²) in [5.41, 5.74) is 5.22.